The van der Waals surface area contributed by atoms with Gasteiger partial charge in [-0.2, -0.15) is 0 Å². The Morgan fingerprint density at radius 2 is 0.880 bits per heavy atom. The zero-order chi connectivity index (χ0) is 33.7. The summed E-state index contributed by atoms with van der Waals surface area (Å²) < 4.78 is 0. The van der Waals surface area contributed by atoms with Gasteiger partial charge < -0.3 is 4.90 Å². The van der Waals surface area contributed by atoms with Gasteiger partial charge in [0.15, 0.2) is 0 Å². The smallest absolute Gasteiger partial charge is 0.0543 e. The van der Waals surface area contributed by atoms with Crippen LogP contribution in [0.4, 0.5) is 17.1 Å². The quantitative estimate of drug-likeness (QED) is 0.175. The molecule has 50 heavy (non-hydrogen) atoms. The van der Waals surface area contributed by atoms with Gasteiger partial charge in [0.25, 0.3) is 0 Å². The van der Waals surface area contributed by atoms with Crippen LogP contribution in [0.5, 0.6) is 0 Å². The van der Waals surface area contributed by atoms with Crippen LogP contribution >= 0.6 is 0 Å². The number of rotatable bonds is 6. The normalized spacial score (nSPS) is 12.8. The average molecular weight is 640 g/mol. The van der Waals surface area contributed by atoms with E-state index in [0.717, 1.165) is 11.4 Å². The molecule has 238 valence electrons. The first kappa shape index (κ1) is 29.9. The first-order valence-electron chi connectivity index (χ1n) is 17.4. The highest BCUT2D eigenvalue weighted by molar-refractivity contribution is 5.99. The van der Waals surface area contributed by atoms with Crippen molar-refractivity contribution in [2.75, 3.05) is 4.90 Å². The van der Waals surface area contributed by atoms with Crippen molar-refractivity contribution in [2.24, 2.45) is 0 Å². The summed E-state index contributed by atoms with van der Waals surface area (Å²) in [6.07, 6.45) is 0. The summed E-state index contributed by atoms with van der Waals surface area (Å²) in [7, 11) is 0. The monoisotopic (exact) mass is 639 g/mol. The molecule has 0 N–H and O–H groups in total. The third-order valence-corrected chi connectivity index (χ3v) is 10.5. The van der Waals surface area contributed by atoms with Crippen molar-refractivity contribution < 1.29 is 0 Å². The minimum absolute atomic E-state index is 0.0986. The molecule has 0 atom stereocenters. The Morgan fingerprint density at radius 3 is 1.70 bits per heavy atom. The largest absolute Gasteiger partial charge is 0.309 e. The summed E-state index contributed by atoms with van der Waals surface area (Å²) in [5.41, 5.74) is 16.0. The average Bonchev–Trinajstić information content (AvgIpc) is 3.42. The number of nitrogens with zero attached hydrogens (tertiary/aromatic N) is 1. The third kappa shape index (κ3) is 4.94. The lowest BCUT2D eigenvalue weighted by atomic mass is 9.82. The predicted octanol–water partition coefficient (Wildman–Crippen LogP) is 13.6. The second-order valence-corrected chi connectivity index (χ2v) is 13.7. The zero-order valence-electron chi connectivity index (χ0n) is 28.3. The van der Waals surface area contributed by atoms with Crippen molar-refractivity contribution >= 4 is 27.8 Å². The molecular weight excluding hydrogens is 603 g/mol. The Kier molecular flexibility index (Phi) is 7.21. The number of hydrogen-bond donors (Lipinski definition) is 0. The molecule has 1 nitrogen and oxygen atoms in total. The van der Waals surface area contributed by atoms with E-state index in [0.29, 0.717) is 0 Å². The molecule has 0 bridgehead atoms. The van der Waals surface area contributed by atoms with E-state index in [1.54, 1.807) is 0 Å². The van der Waals surface area contributed by atoms with E-state index in [1.165, 1.54) is 72.1 Å². The van der Waals surface area contributed by atoms with Crippen molar-refractivity contribution in [3.63, 3.8) is 0 Å². The molecule has 0 spiro atoms. The van der Waals surface area contributed by atoms with E-state index in [2.05, 4.69) is 207 Å². The van der Waals surface area contributed by atoms with Crippen LogP contribution in [0.15, 0.2) is 188 Å². The maximum Gasteiger partial charge on any atom is 0.0543 e. The van der Waals surface area contributed by atoms with Crippen molar-refractivity contribution in [1.82, 2.24) is 0 Å². The van der Waals surface area contributed by atoms with Gasteiger partial charge in [0.2, 0.25) is 0 Å². The van der Waals surface area contributed by atoms with E-state index < -0.39 is 0 Å². The number of fused-ring (bicyclic) bond motifs is 4. The molecule has 0 unspecified atom stereocenters. The lowest BCUT2D eigenvalue weighted by molar-refractivity contribution is 0.660. The van der Waals surface area contributed by atoms with Crippen LogP contribution in [0.25, 0.3) is 55.3 Å². The lowest BCUT2D eigenvalue weighted by Gasteiger charge is -2.30. The summed E-state index contributed by atoms with van der Waals surface area (Å²) >= 11 is 0. The van der Waals surface area contributed by atoms with Gasteiger partial charge in [0.05, 0.1) is 11.4 Å². The molecule has 0 heterocycles. The van der Waals surface area contributed by atoms with Crippen LogP contribution in [0.2, 0.25) is 0 Å². The van der Waals surface area contributed by atoms with Gasteiger partial charge in [-0.05, 0) is 79.5 Å². The van der Waals surface area contributed by atoms with Gasteiger partial charge in [-0.3, -0.25) is 0 Å². The third-order valence-electron chi connectivity index (χ3n) is 10.5. The Hall–Kier alpha value is -6.18. The fourth-order valence-corrected chi connectivity index (χ4v) is 7.98. The van der Waals surface area contributed by atoms with Crippen molar-refractivity contribution in [1.29, 1.82) is 0 Å². The molecule has 1 aliphatic carbocycles. The van der Waals surface area contributed by atoms with Crippen LogP contribution in [0, 0.1) is 0 Å². The molecule has 0 saturated carbocycles. The Bertz CT molecular complexity index is 2480. The van der Waals surface area contributed by atoms with Crippen molar-refractivity contribution in [3.05, 3.63) is 199 Å². The van der Waals surface area contributed by atoms with Gasteiger partial charge >= 0.3 is 0 Å². The van der Waals surface area contributed by atoms with Gasteiger partial charge in [-0.25, -0.2) is 0 Å². The molecule has 0 amide bonds. The minimum Gasteiger partial charge on any atom is -0.309 e. The molecule has 8 aromatic rings. The first-order chi connectivity index (χ1) is 24.6. The SMILES string of the molecule is CC1(C)c2ccccc2-c2c(N(c3ccc(-c4cccc5ccccc45)cc3)c3ccccc3-c3ccc(-c4ccccc4)cc3)cccc21. The molecule has 1 heteroatoms. The summed E-state index contributed by atoms with van der Waals surface area (Å²) in [5, 5.41) is 2.52. The molecule has 0 fully saturated rings. The van der Waals surface area contributed by atoms with E-state index in [9.17, 15) is 0 Å². The van der Waals surface area contributed by atoms with Crippen LogP contribution in [0.3, 0.4) is 0 Å². The summed E-state index contributed by atoms with van der Waals surface area (Å²) in [6, 6.07) is 68.6. The Balaban J connectivity index is 1.23. The standard InChI is InChI=1S/C49H37N/c1-49(2)44-22-10-8-20-43(44)48-45(49)23-13-25-47(48)50(39-32-30-37(31-33-39)41-21-12-17-36-16-6-7-18-40(36)41)46-24-11-9-19-42(46)38-28-26-35(27-29-38)34-14-4-3-5-15-34/h3-33H,1-2H3. The first-order valence-corrected chi connectivity index (χ1v) is 17.4. The van der Waals surface area contributed by atoms with Gasteiger partial charge in [0, 0.05) is 22.2 Å². The topological polar surface area (TPSA) is 3.24 Å². The maximum atomic E-state index is 2.48. The lowest BCUT2D eigenvalue weighted by Crippen LogP contribution is -2.16. The Labute approximate surface area is 294 Å². The van der Waals surface area contributed by atoms with E-state index in [-0.39, 0.29) is 5.41 Å². The molecule has 8 aromatic carbocycles. The van der Waals surface area contributed by atoms with Crippen LogP contribution in [-0.2, 0) is 5.41 Å². The van der Waals surface area contributed by atoms with Gasteiger partial charge in [-0.1, -0.05) is 178 Å². The fourth-order valence-electron chi connectivity index (χ4n) is 7.98. The van der Waals surface area contributed by atoms with Crippen molar-refractivity contribution in [3.8, 4) is 44.5 Å². The number of benzene rings is 8. The molecule has 0 aromatic heterocycles. The molecule has 0 saturated heterocycles. The summed E-state index contributed by atoms with van der Waals surface area (Å²) in [5.74, 6) is 0. The maximum absolute atomic E-state index is 2.48. The number of para-hydroxylation sites is 1. The highest BCUT2D eigenvalue weighted by Gasteiger charge is 2.37. The number of hydrogen-bond acceptors (Lipinski definition) is 1. The molecule has 9 rings (SSSR count). The highest BCUT2D eigenvalue weighted by atomic mass is 15.1. The number of anilines is 3. The van der Waals surface area contributed by atoms with Crippen molar-refractivity contribution in [2.45, 2.75) is 19.3 Å². The zero-order valence-corrected chi connectivity index (χ0v) is 28.3. The minimum atomic E-state index is -0.0986. The molecule has 0 aliphatic heterocycles. The summed E-state index contributed by atoms with van der Waals surface area (Å²) in [4.78, 5) is 2.48. The fraction of sp³-hybridized carbons (Fsp3) is 0.0612. The predicted molar refractivity (Wildman–Crippen MR) is 213 cm³/mol. The van der Waals surface area contributed by atoms with Gasteiger partial charge in [-0.15, -0.1) is 0 Å². The Morgan fingerprint density at radius 1 is 0.360 bits per heavy atom. The molecule has 1 aliphatic rings. The van der Waals surface area contributed by atoms with E-state index in [1.807, 2.05) is 0 Å². The molecular formula is C49H37N. The van der Waals surface area contributed by atoms with Crippen LogP contribution < -0.4 is 4.90 Å². The van der Waals surface area contributed by atoms with E-state index >= 15 is 0 Å². The van der Waals surface area contributed by atoms with E-state index in [4.69, 9.17) is 0 Å². The second kappa shape index (κ2) is 12.1. The second-order valence-electron chi connectivity index (χ2n) is 13.7. The van der Waals surface area contributed by atoms with Crippen LogP contribution in [0.1, 0.15) is 25.0 Å². The summed E-state index contributed by atoms with van der Waals surface area (Å²) in [6.45, 7) is 4.71. The van der Waals surface area contributed by atoms with Crippen LogP contribution in [-0.4, -0.2) is 0 Å². The highest BCUT2D eigenvalue weighted by Crippen LogP contribution is 2.55. The molecule has 0 radical (unpaired) electrons. The van der Waals surface area contributed by atoms with Gasteiger partial charge in [0.1, 0.15) is 0 Å².